The third-order valence-electron chi connectivity index (χ3n) is 2.51. The molecule has 0 aromatic heterocycles. The molecule has 12 heavy (non-hydrogen) atoms. The van der Waals surface area contributed by atoms with Gasteiger partial charge in [0.25, 0.3) is 0 Å². The van der Waals surface area contributed by atoms with E-state index in [1.807, 2.05) is 13.8 Å². The van der Waals surface area contributed by atoms with E-state index >= 15 is 0 Å². The number of rotatable bonds is 1. The molecular weight excluding hydrogens is 156 g/mol. The smallest absolute Gasteiger partial charge is 0.309 e. The number of hydrogen-bond donors (Lipinski definition) is 0. The van der Waals surface area contributed by atoms with Crippen molar-refractivity contribution in [1.82, 2.24) is 0 Å². The fraction of sp³-hybridized carbons (Fsp3) is 0.778. The van der Waals surface area contributed by atoms with Crippen LogP contribution in [-0.4, -0.2) is 18.9 Å². The SMILES string of the molecule is COC(=O)C1CC(=O)CC1(C)C. The highest BCUT2D eigenvalue weighted by Gasteiger charge is 2.44. The molecule has 68 valence electrons. The molecule has 0 amide bonds. The van der Waals surface area contributed by atoms with E-state index < -0.39 is 0 Å². The summed E-state index contributed by atoms with van der Waals surface area (Å²) < 4.78 is 4.63. The van der Waals surface area contributed by atoms with Gasteiger partial charge in [-0.2, -0.15) is 0 Å². The van der Waals surface area contributed by atoms with Crippen molar-refractivity contribution in [3.8, 4) is 0 Å². The van der Waals surface area contributed by atoms with Gasteiger partial charge in [-0.05, 0) is 5.41 Å². The van der Waals surface area contributed by atoms with Crippen LogP contribution in [0.3, 0.4) is 0 Å². The molecule has 0 saturated heterocycles. The lowest BCUT2D eigenvalue weighted by molar-refractivity contribution is -0.148. The third kappa shape index (κ3) is 1.49. The van der Waals surface area contributed by atoms with Crippen LogP contribution in [0.15, 0.2) is 0 Å². The Balaban J connectivity index is 2.78. The number of carbonyl (C=O) groups excluding carboxylic acids is 2. The lowest BCUT2D eigenvalue weighted by atomic mass is 9.82. The van der Waals surface area contributed by atoms with Crippen LogP contribution in [0.2, 0.25) is 0 Å². The highest BCUT2D eigenvalue weighted by atomic mass is 16.5. The van der Waals surface area contributed by atoms with Crippen molar-refractivity contribution in [2.24, 2.45) is 11.3 Å². The zero-order valence-corrected chi connectivity index (χ0v) is 7.72. The van der Waals surface area contributed by atoms with E-state index in [0.717, 1.165) is 0 Å². The number of ether oxygens (including phenoxy) is 1. The first-order valence-corrected chi connectivity index (χ1v) is 4.07. The van der Waals surface area contributed by atoms with E-state index in [0.29, 0.717) is 12.8 Å². The average molecular weight is 170 g/mol. The lowest BCUT2D eigenvalue weighted by Crippen LogP contribution is -2.26. The van der Waals surface area contributed by atoms with Gasteiger partial charge in [-0.15, -0.1) is 0 Å². The summed E-state index contributed by atoms with van der Waals surface area (Å²) in [7, 11) is 1.36. The minimum Gasteiger partial charge on any atom is -0.469 e. The van der Waals surface area contributed by atoms with Gasteiger partial charge >= 0.3 is 5.97 Å². The van der Waals surface area contributed by atoms with Gasteiger partial charge in [0.1, 0.15) is 5.78 Å². The van der Waals surface area contributed by atoms with E-state index in [2.05, 4.69) is 4.74 Å². The predicted molar refractivity (Wildman–Crippen MR) is 43.5 cm³/mol. The fourth-order valence-electron chi connectivity index (χ4n) is 1.75. The Kier molecular flexibility index (Phi) is 2.22. The van der Waals surface area contributed by atoms with Crippen LogP contribution in [-0.2, 0) is 14.3 Å². The molecule has 0 bridgehead atoms. The summed E-state index contributed by atoms with van der Waals surface area (Å²) in [6, 6.07) is 0. The van der Waals surface area contributed by atoms with Crippen LogP contribution in [0, 0.1) is 11.3 Å². The van der Waals surface area contributed by atoms with Gasteiger partial charge in [0.2, 0.25) is 0 Å². The predicted octanol–water partition coefficient (Wildman–Crippen LogP) is 1.16. The van der Waals surface area contributed by atoms with E-state index in [1.165, 1.54) is 7.11 Å². The van der Waals surface area contributed by atoms with E-state index in [1.54, 1.807) is 0 Å². The second-order valence-electron chi connectivity index (χ2n) is 3.98. The minimum absolute atomic E-state index is 0.162. The quantitative estimate of drug-likeness (QED) is 0.555. The lowest BCUT2D eigenvalue weighted by Gasteiger charge is -2.22. The van der Waals surface area contributed by atoms with Gasteiger partial charge in [-0.25, -0.2) is 0 Å². The number of esters is 1. The maximum absolute atomic E-state index is 11.2. The fourth-order valence-corrected chi connectivity index (χ4v) is 1.75. The standard InChI is InChI=1S/C9H14O3/c1-9(2)5-6(10)4-7(9)8(11)12-3/h7H,4-5H2,1-3H3. The molecule has 1 unspecified atom stereocenters. The molecule has 0 aromatic carbocycles. The van der Waals surface area contributed by atoms with Crippen molar-refractivity contribution in [3.05, 3.63) is 0 Å². The maximum atomic E-state index is 11.2. The Bertz CT molecular complexity index is 218. The summed E-state index contributed by atoms with van der Waals surface area (Å²) in [6.45, 7) is 3.86. The summed E-state index contributed by atoms with van der Waals surface area (Å²) in [4.78, 5) is 22.3. The normalized spacial score (nSPS) is 27.2. The first-order valence-electron chi connectivity index (χ1n) is 4.07. The van der Waals surface area contributed by atoms with Crippen molar-refractivity contribution < 1.29 is 14.3 Å². The summed E-state index contributed by atoms with van der Waals surface area (Å²) in [5.41, 5.74) is -0.218. The Labute approximate surface area is 72.1 Å². The van der Waals surface area contributed by atoms with E-state index in [9.17, 15) is 9.59 Å². The zero-order valence-electron chi connectivity index (χ0n) is 7.72. The molecule has 0 aliphatic heterocycles. The monoisotopic (exact) mass is 170 g/mol. The molecular formula is C9H14O3. The van der Waals surface area contributed by atoms with Gasteiger partial charge < -0.3 is 4.74 Å². The zero-order chi connectivity index (χ0) is 9.35. The molecule has 0 radical (unpaired) electrons. The number of methoxy groups -OCH3 is 1. The van der Waals surface area contributed by atoms with Crippen molar-refractivity contribution in [2.75, 3.05) is 7.11 Å². The average Bonchev–Trinajstić information content (AvgIpc) is 2.23. The van der Waals surface area contributed by atoms with Gasteiger partial charge in [0.15, 0.2) is 0 Å². The van der Waals surface area contributed by atoms with Crippen molar-refractivity contribution in [3.63, 3.8) is 0 Å². The van der Waals surface area contributed by atoms with Crippen LogP contribution < -0.4 is 0 Å². The largest absolute Gasteiger partial charge is 0.469 e. The van der Waals surface area contributed by atoms with Gasteiger partial charge in [-0.3, -0.25) is 9.59 Å². The summed E-state index contributed by atoms with van der Waals surface area (Å²) in [5.74, 6) is -0.337. The number of carbonyl (C=O) groups is 2. The molecule has 0 heterocycles. The minimum atomic E-state index is -0.258. The molecule has 0 aromatic rings. The Morgan fingerprint density at radius 3 is 2.50 bits per heavy atom. The Hall–Kier alpha value is -0.860. The number of hydrogen-bond acceptors (Lipinski definition) is 3. The third-order valence-corrected chi connectivity index (χ3v) is 2.51. The molecule has 1 rings (SSSR count). The molecule has 1 aliphatic rings. The summed E-state index contributed by atoms with van der Waals surface area (Å²) in [5, 5.41) is 0. The summed E-state index contributed by atoms with van der Waals surface area (Å²) in [6.07, 6.45) is 0.840. The highest BCUT2D eigenvalue weighted by Crippen LogP contribution is 2.40. The van der Waals surface area contributed by atoms with Crippen LogP contribution in [0.1, 0.15) is 26.7 Å². The Morgan fingerprint density at radius 2 is 2.17 bits per heavy atom. The second kappa shape index (κ2) is 2.88. The van der Waals surface area contributed by atoms with Crippen LogP contribution in [0.5, 0.6) is 0 Å². The molecule has 3 nitrogen and oxygen atoms in total. The van der Waals surface area contributed by atoms with Crippen molar-refractivity contribution in [2.45, 2.75) is 26.7 Å². The number of Topliss-reactive ketones (excluding diaryl/α,β-unsaturated/α-hetero) is 1. The first-order chi connectivity index (χ1) is 5.47. The molecule has 0 N–H and O–H groups in total. The maximum Gasteiger partial charge on any atom is 0.309 e. The van der Waals surface area contributed by atoms with Gasteiger partial charge in [0.05, 0.1) is 13.0 Å². The van der Waals surface area contributed by atoms with Crippen LogP contribution >= 0.6 is 0 Å². The molecule has 1 atom stereocenters. The summed E-state index contributed by atoms with van der Waals surface area (Å²) >= 11 is 0. The topological polar surface area (TPSA) is 43.4 Å². The molecule has 3 heteroatoms. The molecule has 1 fully saturated rings. The van der Waals surface area contributed by atoms with Gasteiger partial charge in [-0.1, -0.05) is 13.8 Å². The first kappa shape index (κ1) is 9.23. The van der Waals surface area contributed by atoms with Crippen molar-refractivity contribution in [1.29, 1.82) is 0 Å². The molecule has 0 spiro atoms. The Morgan fingerprint density at radius 1 is 1.58 bits per heavy atom. The second-order valence-corrected chi connectivity index (χ2v) is 3.98. The van der Waals surface area contributed by atoms with Gasteiger partial charge in [0, 0.05) is 12.8 Å². The van der Waals surface area contributed by atoms with E-state index in [-0.39, 0.29) is 23.1 Å². The highest BCUT2D eigenvalue weighted by molar-refractivity contribution is 5.89. The van der Waals surface area contributed by atoms with Crippen LogP contribution in [0.25, 0.3) is 0 Å². The number of ketones is 1. The molecule has 1 saturated carbocycles. The van der Waals surface area contributed by atoms with Crippen LogP contribution in [0.4, 0.5) is 0 Å². The van der Waals surface area contributed by atoms with E-state index in [4.69, 9.17) is 0 Å². The molecule has 1 aliphatic carbocycles. The van der Waals surface area contributed by atoms with Crippen molar-refractivity contribution >= 4 is 11.8 Å².